The molecule has 0 spiro atoms. The van der Waals surface area contributed by atoms with Crippen molar-refractivity contribution in [1.29, 1.82) is 0 Å². The molecule has 1 saturated heterocycles. The monoisotopic (exact) mass is 338 g/mol. The molecule has 8 heteroatoms. The van der Waals surface area contributed by atoms with Crippen molar-refractivity contribution in [2.24, 2.45) is 0 Å². The summed E-state index contributed by atoms with van der Waals surface area (Å²) in [4.78, 5) is 15.0. The van der Waals surface area contributed by atoms with Crippen molar-refractivity contribution in [1.82, 2.24) is 29.9 Å². The van der Waals surface area contributed by atoms with E-state index in [2.05, 4.69) is 20.4 Å². The van der Waals surface area contributed by atoms with Crippen LogP contribution in [-0.4, -0.2) is 55.5 Å². The summed E-state index contributed by atoms with van der Waals surface area (Å²) in [6.07, 6.45) is 4.98. The van der Waals surface area contributed by atoms with Crippen molar-refractivity contribution in [2.75, 3.05) is 19.8 Å². The smallest absolute Gasteiger partial charge is 0.254 e. The second kappa shape index (κ2) is 6.48. The third-order valence-corrected chi connectivity index (χ3v) is 4.40. The lowest BCUT2D eigenvalue weighted by Gasteiger charge is -2.35. The Morgan fingerprint density at radius 3 is 2.92 bits per heavy atom. The van der Waals surface area contributed by atoms with Crippen LogP contribution in [0.4, 0.5) is 0 Å². The quantitative estimate of drug-likeness (QED) is 0.782. The highest BCUT2D eigenvalue weighted by molar-refractivity contribution is 5.95. The number of aromatic amines is 1. The van der Waals surface area contributed by atoms with E-state index in [1.54, 1.807) is 23.4 Å². The molecule has 1 aliphatic rings. The number of carbonyl (C=O) groups is 1. The fraction of sp³-hybridized carbons (Fsp3) is 0.294. The molecule has 1 aromatic carbocycles. The van der Waals surface area contributed by atoms with E-state index in [-0.39, 0.29) is 11.9 Å². The van der Waals surface area contributed by atoms with Gasteiger partial charge < -0.3 is 9.64 Å². The molecule has 1 amide bonds. The predicted molar refractivity (Wildman–Crippen MR) is 89.3 cm³/mol. The van der Waals surface area contributed by atoms with E-state index in [0.29, 0.717) is 25.3 Å². The van der Waals surface area contributed by atoms with Crippen LogP contribution in [0.15, 0.2) is 43.1 Å². The molecule has 0 saturated carbocycles. The number of rotatable bonds is 3. The van der Waals surface area contributed by atoms with E-state index in [9.17, 15) is 4.79 Å². The standard InChI is InChI=1S/C17H18N6O2/c1-12-8-18-21-16(12)15-9-25-6-5-23(15)17(24)13-3-2-4-14(7-13)22-10-19-20-11-22/h2-4,7-8,10-11,15H,5-6,9H2,1H3,(H,18,21). The van der Waals surface area contributed by atoms with Crippen LogP contribution in [0.25, 0.3) is 5.69 Å². The minimum Gasteiger partial charge on any atom is -0.377 e. The zero-order valence-corrected chi connectivity index (χ0v) is 13.8. The second-order valence-corrected chi connectivity index (χ2v) is 5.98. The van der Waals surface area contributed by atoms with E-state index in [0.717, 1.165) is 16.9 Å². The number of H-pyrrole nitrogens is 1. The second-order valence-electron chi connectivity index (χ2n) is 5.98. The highest BCUT2D eigenvalue weighted by Gasteiger charge is 2.31. The zero-order valence-electron chi connectivity index (χ0n) is 13.8. The van der Waals surface area contributed by atoms with Crippen molar-refractivity contribution in [3.05, 3.63) is 59.9 Å². The highest BCUT2D eigenvalue weighted by Crippen LogP contribution is 2.27. The van der Waals surface area contributed by atoms with Gasteiger partial charge in [0.1, 0.15) is 12.7 Å². The molecule has 0 bridgehead atoms. The molecule has 3 aromatic rings. The summed E-state index contributed by atoms with van der Waals surface area (Å²) in [5, 5.41) is 14.7. The van der Waals surface area contributed by atoms with Gasteiger partial charge in [-0.15, -0.1) is 10.2 Å². The van der Waals surface area contributed by atoms with Gasteiger partial charge in [-0.2, -0.15) is 5.10 Å². The summed E-state index contributed by atoms with van der Waals surface area (Å²) in [7, 11) is 0. The Bertz CT molecular complexity index is 873. The van der Waals surface area contributed by atoms with Gasteiger partial charge in [-0.3, -0.25) is 14.5 Å². The number of hydrogen-bond acceptors (Lipinski definition) is 5. The lowest BCUT2D eigenvalue weighted by molar-refractivity contribution is -0.00407. The lowest BCUT2D eigenvalue weighted by atomic mass is 10.1. The summed E-state index contributed by atoms with van der Waals surface area (Å²) in [5.41, 5.74) is 3.41. The molecule has 4 rings (SSSR count). The highest BCUT2D eigenvalue weighted by atomic mass is 16.5. The van der Waals surface area contributed by atoms with Crippen LogP contribution in [0.3, 0.4) is 0 Å². The number of nitrogens with zero attached hydrogens (tertiary/aromatic N) is 5. The van der Waals surface area contributed by atoms with Gasteiger partial charge in [0.25, 0.3) is 5.91 Å². The molecular weight excluding hydrogens is 320 g/mol. The van der Waals surface area contributed by atoms with Crippen LogP contribution in [0.2, 0.25) is 0 Å². The molecular formula is C17H18N6O2. The minimum absolute atomic E-state index is 0.0303. The molecule has 0 radical (unpaired) electrons. The van der Waals surface area contributed by atoms with Gasteiger partial charge >= 0.3 is 0 Å². The maximum atomic E-state index is 13.1. The molecule has 8 nitrogen and oxygen atoms in total. The number of ether oxygens (including phenoxy) is 1. The number of amides is 1. The number of carbonyl (C=O) groups excluding carboxylic acids is 1. The van der Waals surface area contributed by atoms with Crippen molar-refractivity contribution >= 4 is 5.91 Å². The normalized spacial score (nSPS) is 17.6. The van der Waals surface area contributed by atoms with Gasteiger partial charge in [0, 0.05) is 17.8 Å². The SMILES string of the molecule is Cc1cn[nH]c1C1COCCN1C(=O)c1cccc(-n2cnnc2)c1. The lowest BCUT2D eigenvalue weighted by Crippen LogP contribution is -2.43. The Morgan fingerprint density at radius 1 is 1.32 bits per heavy atom. The van der Waals surface area contributed by atoms with Crippen molar-refractivity contribution in [3.8, 4) is 5.69 Å². The molecule has 1 unspecified atom stereocenters. The van der Waals surface area contributed by atoms with E-state index < -0.39 is 0 Å². The number of benzene rings is 1. The molecule has 1 atom stereocenters. The largest absolute Gasteiger partial charge is 0.377 e. The topological polar surface area (TPSA) is 88.9 Å². The molecule has 128 valence electrons. The molecule has 1 N–H and O–H groups in total. The number of hydrogen-bond donors (Lipinski definition) is 1. The summed E-state index contributed by atoms with van der Waals surface area (Å²) >= 11 is 0. The molecule has 1 aliphatic heterocycles. The Hall–Kier alpha value is -3.00. The van der Waals surface area contributed by atoms with Crippen LogP contribution in [-0.2, 0) is 4.74 Å². The predicted octanol–water partition coefficient (Wildman–Crippen LogP) is 1.51. The van der Waals surface area contributed by atoms with Crippen LogP contribution >= 0.6 is 0 Å². The number of nitrogens with one attached hydrogen (secondary N) is 1. The number of aryl methyl sites for hydroxylation is 1. The van der Waals surface area contributed by atoms with E-state index >= 15 is 0 Å². The Balaban J connectivity index is 1.65. The van der Waals surface area contributed by atoms with Gasteiger partial charge in [0.05, 0.1) is 31.1 Å². The van der Waals surface area contributed by atoms with Gasteiger partial charge in [-0.1, -0.05) is 6.07 Å². The summed E-state index contributed by atoms with van der Waals surface area (Å²) in [6, 6.07) is 7.28. The number of morpholine rings is 1. The van der Waals surface area contributed by atoms with Crippen molar-refractivity contribution in [2.45, 2.75) is 13.0 Å². The average Bonchev–Trinajstić information content (AvgIpc) is 3.33. The molecule has 1 fully saturated rings. The first kappa shape index (κ1) is 15.5. The maximum Gasteiger partial charge on any atom is 0.254 e. The molecule has 2 aromatic heterocycles. The van der Waals surface area contributed by atoms with Crippen molar-refractivity contribution in [3.63, 3.8) is 0 Å². The fourth-order valence-corrected chi connectivity index (χ4v) is 3.08. The first-order chi connectivity index (χ1) is 12.2. The van der Waals surface area contributed by atoms with E-state index in [1.165, 1.54) is 0 Å². The third-order valence-electron chi connectivity index (χ3n) is 4.40. The summed E-state index contributed by atoms with van der Waals surface area (Å²) in [6.45, 7) is 3.50. The first-order valence-electron chi connectivity index (χ1n) is 8.07. The Morgan fingerprint density at radius 2 is 2.16 bits per heavy atom. The summed E-state index contributed by atoms with van der Waals surface area (Å²) in [5.74, 6) is -0.0303. The average molecular weight is 338 g/mol. The van der Waals surface area contributed by atoms with Crippen LogP contribution in [0, 0.1) is 6.92 Å². The molecule has 25 heavy (non-hydrogen) atoms. The van der Waals surface area contributed by atoms with Crippen molar-refractivity contribution < 1.29 is 9.53 Å². The third kappa shape index (κ3) is 2.91. The van der Waals surface area contributed by atoms with E-state index in [4.69, 9.17) is 4.74 Å². The van der Waals surface area contributed by atoms with Gasteiger partial charge in [-0.05, 0) is 30.7 Å². The minimum atomic E-state index is -0.165. The maximum absolute atomic E-state index is 13.1. The van der Waals surface area contributed by atoms with Gasteiger partial charge in [0.2, 0.25) is 0 Å². The van der Waals surface area contributed by atoms with Crippen LogP contribution < -0.4 is 0 Å². The number of aromatic nitrogens is 5. The first-order valence-corrected chi connectivity index (χ1v) is 8.07. The zero-order chi connectivity index (χ0) is 17.2. The van der Waals surface area contributed by atoms with Gasteiger partial charge in [0.15, 0.2) is 0 Å². The van der Waals surface area contributed by atoms with Crippen LogP contribution in [0.5, 0.6) is 0 Å². The Labute approximate surface area is 144 Å². The summed E-state index contributed by atoms with van der Waals surface area (Å²) < 4.78 is 7.37. The molecule has 3 heterocycles. The van der Waals surface area contributed by atoms with E-state index in [1.807, 2.05) is 36.1 Å². The van der Waals surface area contributed by atoms with Gasteiger partial charge in [-0.25, -0.2) is 0 Å². The fourth-order valence-electron chi connectivity index (χ4n) is 3.08. The Kier molecular flexibility index (Phi) is 4.02. The molecule has 0 aliphatic carbocycles. The van der Waals surface area contributed by atoms with Crippen LogP contribution in [0.1, 0.15) is 27.7 Å².